The van der Waals surface area contributed by atoms with Crippen LogP contribution in [-0.4, -0.2) is 52.0 Å². The Hall–Kier alpha value is -2.45. The molecule has 3 aromatic heterocycles. The van der Waals surface area contributed by atoms with Crippen LogP contribution in [0.4, 0.5) is 0 Å². The van der Waals surface area contributed by atoms with E-state index in [1.807, 2.05) is 35.4 Å². The van der Waals surface area contributed by atoms with Gasteiger partial charge >= 0.3 is 0 Å². The van der Waals surface area contributed by atoms with Crippen molar-refractivity contribution in [2.24, 2.45) is 0 Å². The Morgan fingerprint density at radius 1 is 1.28 bits per heavy atom. The molecular formula is C17H18N4O3S. The van der Waals surface area contributed by atoms with Crippen molar-refractivity contribution in [1.82, 2.24) is 19.9 Å². The van der Waals surface area contributed by atoms with Gasteiger partial charge in [0.05, 0.1) is 17.7 Å². The number of hydrogen-bond acceptors (Lipinski definition) is 7. The van der Waals surface area contributed by atoms with E-state index in [0.717, 1.165) is 23.5 Å². The lowest BCUT2D eigenvalue weighted by molar-refractivity contribution is 0.0584. The molecule has 0 radical (unpaired) electrons. The molecule has 25 heavy (non-hydrogen) atoms. The van der Waals surface area contributed by atoms with Crippen molar-refractivity contribution in [2.45, 2.75) is 13.5 Å². The van der Waals surface area contributed by atoms with Crippen molar-refractivity contribution < 1.29 is 13.7 Å². The molecule has 4 rings (SSSR count). The second-order valence-corrected chi connectivity index (χ2v) is 6.94. The van der Waals surface area contributed by atoms with Crippen LogP contribution in [0.15, 0.2) is 38.8 Å². The highest BCUT2D eigenvalue weighted by atomic mass is 32.1. The number of carbonyl (C=O) groups excluding carboxylic acids is 1. The minimum absolute atomic E-state index is 0.0417. The van der Waals surface area contributed by atoms with Crippen LogP contribution >= 0.6 is 11.3 Å². The number of rotatable bonds is 4. The number of thiophene rings is 1. The summed E-state index contributed by atoms with van der Waals surface area (Å²) in [4.78, 5) is 21.9. The van der Waals surface area contributed by atoms with Gasteiger partial charge in [0.2, 0.25) is 11.7 Å². The van der Waals surface area contributed by atoms with Crippen LogP contribution in [-0.2, 0) is 6.54 Å². The lowest BCUT2D eigenvalue weighted by Crippen LogP contribution is -2.48. The molecule has 0 unspecified atom stereocenters. The molecule has 0 N–H and O–H groups in total. The van der Waals surface area contributed by atoms with Crippen molar-refractivity contribution in [1.29, 1.82) is 0 Å². The van der Waals surface area contributed by atoms with Gasteiger partial charge in [-0.25, -0.2) is 0 Å². The number of aromatic nitrogens is 2. The lowest BCUT2D eigenvalue weighted by atomic mass is 10.2. The monoisotopic (exact) mass is 358 g/mol. The first-order chi connectivity index (χ1) is 12.2. The van der Waals surface area contributed by atoms with E-state index in [1.54, 1.807) is 17.6 Å². The van der Waals surface area contributed by atoms with Gasteiger partial charge in [-0.1, -0.05) is 11.2 Å². The van der Waals surface area contributed by atoms with Crippen LogP contribution in [0.25, 0.3) is 10.7 Å². The summed E-state index contributed by atoms with van der Waals surface area (Å²) in [6, 6.07) is 5.75. The number of hydrogen-bond donors (Lipinski definition) is 0. The quantitative estimate of drug-likeness (QED) is 0.714. The van der Waals surface area contributed by atoms with E-state index >= 15 is 0 Å². The van der Waals surface area contributed by atoms with Gasteiger partial charge in [0.25, 0.3) is 5.91 Å². The van der Waals surface area contributed by atoms with Crippen LogP contribution in [0.2, 0.25) is 0 Å². The Labute approximate surface area is 148 Å². The van der Waals surface area contributed by atoms with E-state index in [-0.39, 0.29) is 5.91 Å². The van der Waals surface area contributed by atoms with E-state index in [0.29, 0.717) is 37.1 Å². The Bertz CT molecular complexity index is 847. The molecule has 1 aliphatic rings. The number of piperazine rings is 1. The van der Waals surface area contributed by atoms with E-state index in [4.69, 9.17) is 8.94 Å². The normalized spacial score (nSPS) is 15.6. The number of amides is 1. The van der Waals surface area contributed by atoms with Crippen molar-refractivity contribution >= 4 is 17.2 Å². The van der Waals surface area contributed by atoms with E-state index in [1.165, 1.54) is 0 Å². The SMILES string of the molecule is Cc1ccoc1C(=O)N1CCN(Cc2nc(-c3cccs3)no2)CC1. The van der Waals surface area contributed by atoms with Gasteiger partial charge in [0, 0.05) is 31.7 Å². The third kappa shape index (κ3) is 3.35. The third-order valence-electron chi connectivity index (χ3n) is 4.28. The first kappa shape index (κ1) is 16.0. The summed E-state index contributed by atoms with van der Waals surface area (Å²) in [5, 5.41) is 6.02. The Balaban J connectivity index is 1.33. The van der Waals surface area contributed by atoms with Crippen molar-refractivity contribution in [2.75, 3.05) is 26.2 Å². The van der Waals surface area contributed by atoms with Gasteiger partial charge < -0.3 is 13.8 Å². The molecule has 130 valence electrons. The summed E-state index contributed by atoms with van der Waals surface area (Å²) in [7, 11) is 0. The molecule has 1 amide bonds. The summed E-state index contributed by atoms with van der Waals surface area (Å²) < 4.78 is 10.7. The Kier molecular flexibility index (Phi) is 4.37. The predicted octanol–water partition coefficient (Wildman–Crippen LogP) is 2.66. The Morgan fingerprint density at radius 2 is 2.12 bits per heavy atom. The Morgan fingerprint density at radius 3 is 2.80 bits per heavy atom. The summed E-state index contributed by atoms with van der Waals surface area (Å²) in [6.45, 7) is 5.33. The molecule has 8 heteroatoms. The average molecular weight is 358 g/mol. The van der Waals surface area contributed by atoms with Gasteiger partial charge in [0.15, 0.2) is 5.76 Å². The van der Waals surface area contributed by atoms with Crippen LogP contribution in [0.5, 0.6) is 0 Å². The molecule has 0 aliphatic carbocycles. The molecule has 7 nitrogen and oxygen atoms in total. The van der Waals surface area contributed by atoms with Gasteiger partial charge in [-0.2, -0.15) is 4.98 Å². The molecule has 1 aliphatic heterocycles. The highest BCUT2D eigenvalue weighted by Gasteiger charge is 2.26. The maximum absolute atomic E-state index is 12.5. The second-order valence-electron chi connectivity index (χ2n) is 5.99. The molecule has 0 aromatic carbocycles. The van der Waals surface area contributed by atoms with Crippen molar-refractivity contribution in [3.63, 3.8) is 0 Å². The smallest absolute Gasteiger partial charge is 0.289 e. The molecule has 0 spiro atoms. The zero-order chi connectivity index (χ0) is 17.2. The summed E-state index contributed by atoms with van der Waals surface area (Å²) in [5.41, 5.74) is 0.874. The third-order valence-corrected chi connectivity index (χ3v) is 5.15. The van der Waals surface area contributed by atoms with Gasteiger partial charge in [-0.05, 0) is 24.4 Å². The highest BCUT2D eigenvalue weighted by molar-refractivity contribution is 7.13. The summed E-state index contributed by atoms with van der Waals surface area (Å²) in [6.07, 6.45) is 1.56. The van der Waals surface area contributed by atoms with Crippen LogP contribution < -0.4 is 0 Å². The zero-order valence-electron chi connectivity index (χ0n) is 13.8. The van der Waals surface area contributed by atoms with Gasteiger partial charge in [0.1, 0.15) is 0 Å². The maximum atomic E-state index is 12.5. The fourth-order valence-electron chi connectivity index (χ4n) is 2.86. The van der Waals surface area contributed by atoms with Crippen molar-refractivity contribution in [3.8, 4) is 10.7 Å². The molecular weight excluding hydrogens is 340 g/mol. The number of carbonyl (C=O) groups is 1. The van der Waals surface area contributed by atoms with E-state index < -0.39 is 0 Å². The van der Waals surface area contributed by atoms with Crippen LogP contribution in [0.3, 0.4) is 0 Å². The molecule has 0 saturated carbocycles. The largest absolute Gasteiger partial charge is 0.459 e. The van der Waals surface area contributed by atoms with Gasteiger partial charge in [-0.3, -0.25) is 9.69 Å². The molecule has 3 aromatic rings. The zero-order valence-corrected chi connectivity index (χ0v) is 14.7. The number of nitrogens with zero attached hydrogens (tertiary/aromatic N) is 4. The number of furan rings is 1. The standard InChI is InChI=1S/C17H18N4O3S/c1-12-4-9-23-15(12)17(22)21-7-5-20(6-8-21)11-14-18-16(19-24-14)13-3-2-10-25-13/h2-4,9-10H,5-8,11H2,1H3. The molecule has 1 fully saturated rings. The predicted molar refractivity (Wildman–Crippen MR) is 92.2 cm³/mol. The molecule has 0 bridgehead atoms. The first-order valence-corrected chi connectivity index (χ1v) is 9.01. The average Bonchev–Trinajstić information content (AvgIpc) is 3.36. The van der Waals surface area contributed by atoms with Crippen LogP contribution in [0, 0.1) is 6.92 Å². The fraction of sp³-hybridized carbons (Fsp3) is 0.353. The molecule has 4 heterocycles. The lowest BCUT2D eigenvalue weighted by Gasteiger charge is -2.33. The minimum Gasteiger partial charge on any atom is -0.459 e. The fourth-order valence-corrected chi connectivity index (χ4v) is 3.51. The molecule has 0 atom stereocenters. The van der Waals surface area contributed by atoms with Gasteiger partial charge in [-0.15, -0.1) is 11.3 Å². The van der Waals surface area contributed by atoms with E-state index in [9.17, 15) is 4.79 Å². The van der Waals surface area contributed by atoms with E-state index in [2.05, 4.69) is 15.0 Å². The van der Waals surface area contributed by atoms with Crippen molar-refractivity contribution in [3.05, 3.63) is 47.1 Å². The molecule has 1 saturated heterocycles. The maximum Gasteiger partial charge on any atom is 0.289 e. The second kappa shape index (κ2) is 6.81. The minimum atomic E-state index is -0.0417. The van der Waals surface area contributed by atoms with Crippen LogP contribution in [0.1, 0.15) is 22.0 Å². The highest BCUT2D eigenvalue weighted by Crippen LogP contribution is 2.22. The topological polar surface area (TPSA) is 75.6 Å². The first-order valence-electron chi connectivity index (χ1n) is 8.13. The summed E-state index contributed by atoms with van der Waals surface area (Å²) >= 11 is 1.59. The summed E-state index contributed by atoms with van der Waals surface area (Å²) in [5.74, 6) is 1.63. The number of aryl methyl sites for hydroxylation is 1.